The number of halogens is 1. The van der Waals surface area contributed by atoms with Crippen LogP contribution in [0.1, 0.15) is 35.9 Å². The van der Waals surface area contributed by atoms with Crippen molar-refractivity contribution < 1.29 is 9.18 Å². The lowest BCUT2D eigenvalue weighted by molar-refractivity contribution is 0.0934. The fourth-order valence-corrected chi connectivity index (χ4v) is 3.12. The first-order chi connectivity index (χ1) is 12.1. The highest BCUT2D eigenvalue weighted by Crippen LogP contribution is 2.28. The van der Waals surface area contributed by atoms with Crippen molar-refractivity contribution >= 4 is 11.6 Å². The third-order valence-electron chi connectivity index (χ3n) is 4.61. The van der Waals surface area contributed by atoms with Gasteiger partial charge >= 0.3 is 0 Å². The molecule has 0 aliphatic carbocycles. The minimum Gasteiger partial charge on any atom is -0.369 e. The maximum atomic E-state index is 13.8. The molecule has 25 heavy (non-hydrogen) atoms. The van der Waals surface area contributed by atoms with Gasteiger partial charge in [-0.3, -0.25) is 4.79 Å². The van der Waals surface area contributed by atoms with Gasteiger partial charge in [0.25, 0.3) is 5.91 Å². The molecule has 0 saturated carbocycles. The second-order valence-electron chi connectivity index (χ2n) is 6.17. The zero-order chi connectivity index (χ0) is 17.8. The van der Waals surface area contributed by atoms with Crippen molar-refractivity contribution in [2.75, 3.05) is 37.6 Å². The normalized spacial score (nSPS) is 16.7. The number of carbonyl (C=O) groups is 1. The fourth-order valence-electron chi connectivity index (χ4n) is 3.12. The van der Waals surface area contributed by atoms with Crippen molar-refractivity contribution in [2.45, 2.75) is 19.9 Å². The SMILES string of the molecule is CCN1CCN(c2ccc(F)cc2[C@H](C)NC(=O)c2cn[nH]n2)CC1. The number of benzene rings is 1. The van der Waals surface area contributed by atoms with E-state index in [1.807, 2.05) is 6.92 Å². The zero-order valence-corrected chi connectivity index (χ0v) is 14.5. The average Bonchev–Trinajstić information content (AvgIpc) is 3.16. The van der Waals surface area contributed by atoms with E-state index in [0.29, 0.717) is 0 Å². The first kappa shape index (κ1) is 17.3. The van der Waals surface area contributed by atoms with Crippen molar-refractivity contribution in [1.82, 2.24) is 25.6 Å². The molecular weight excluding hydrogens is 323 g/mol. The molecule has 3 rings (SSSR count). The van der Waals surface area contributed by atoms with E-state index < -0.39 is 0 Å². The van der Waals surface area contributed by atoms with Crippen LogP contribution in [0.25, 0.3) is 0 Å². The third kappa shape index (κ3) is 3.96. The van der Waals surface area contributed by atoms with Crippen LogP contribution >= 0.6 is 0 Å². The van der Waals surface area contributed by atoms with Crippen molar-refractivity contribution in [3.8, 4) is 0 Å². The summed E-state index contributed by atoms with van der Waals surface area (Å²) in [7, 11) is 0. The number of H-pyrrole nitrogens is 1. The van der Waals surface area contributed by atoms with Crippen LogP contribution in [0.3, 0.4) is 0 Å². The molecular formula is C17H23FN6O. The largest absolute Gasteiger partial charge is 0.369 e. The van der Waals surface area contributed by atoms with Gasteiger partial charge in [0.15, 0.2) is 5.69 Å². The maximum absolute atomic E-state index is 13.8. The topological polar surface area (TPSA) is 77.1 Å². The van der Waals surface area contributed by atoms with Crippen molar-refractivity contribution in [2.24, 2.45) is 0 Å². The molecule has 0 unspecified atom stereocenters. The first-order valence-electron chi connectivity index (χ1n) is 8.52. The van der Waals surface area contributed by atoms with Gasteiger partial charge in [0, 0.05) is 37.4 Å². The Morgan fingerprint density at radius 3 is 2.76 bits per heavy atom. The number of hydrogen-bond donors (Lipinski definition) is 2. The quantitative estimate of drug-likeness (QED) is 0.859. The Labute approximate surface area is 146 Å². The summed E-state index contributed by atoms with van der Waals surface area (Å²) in [5, 5.41) is 12.7. The van der Waals surface area contributed by atoms with Crippen molar-refractivity contribution in [1.29, 1.82) is 0 Å². The molecule has 1 saturated heterocycles. The van der Waals surface area contributed by atoms with E-state index in [0.717, 1.165) is 44.0 Å². The summed E-state index contributed by atoms with van der Waals surface area (Å²) < 4.78 is 13.8. The molecule has 0 bridgehead atoms. The number of nitrogens with zero attached hydrogens (tertiary/aromatic N) is 4. The van der Waals surface area contributed by atoms with E-state index in [9.17, 15) is 9.18 Å². The van der Waals surface area contributed by atoms with E-state index in [1.54, 1.807) is 6.07 Å². The second-order valence-corrected chi connectivity index (χ2v) is 6.17. The van der Waals surface area contributed by atoms with Gasteiger partial charge in [-0.1, -0.05) is 6.92 Å². The van der Waals surface area contributed by atoms with E-state index in [2.05, 4.69) is 37.5 Å². The summed E-state index contributed by atoms with van der Waals surface area (Å²) in [6.45, 7) is 8.76. The molecule has 2 aromatic rings. The summed E-state index contributed by atoms with van der Waals surface area (Å²) in [4.78, 5) is 16.8. The van der Waals surface area contributed by atoms with E-state index in [-0.39, 0.29) is 23.5 Å². The lowest BCUT2D eigenvalue weighted by Gasteiger charge is -2.37. The number of nitrogens with one attached hydrogen (secondary N) is 2. The summed E-state index contributed by atoms with van der Waals surface area (Å²) in [5.41, 5.74) is 1.94. The number of piperazine rings is 1. The molecule has 2 N–H and O–H groups in total. The number of aromatic nitrogens is 3. The van der Waals surface area contributed by atoms with Crippen LogP contribution in [0, 0.1) is 5.82 Å². The van der Waals surface area contributed by atoms with Crippen LogP contribution in [0.15, 0.2) is 24.4 Å². The molecule has 1 aliphatic rings. The molecule has 0 spiro atoms. The average molecular weight is 346 g/mol. The molecule has 8 heteroatoms. The lowest BCUT2D eigenvalue weighted by Crippen LogP contribution is -2.46. The Kier molecular flexibility index (Phi) is 5.28. The van der Waals surface area contributed by atoms with E-state index in [1.165, 1.54) is 18.3 Å². The highest BCUT2D eigenvalue weighted by atomic mass is 19.1. The molecule has 1 aliphatic heterocycles. The van der Waals surface area contributed by atoms with Crippen LogP contribution in [0.5, 0.6) is 0 Å². The second kappa shape index (κ2) is 7.60. The highest BCUT2D eigenvalue weighted by Gasteiger charge is 2.22. The number of anilines is 1. The molecule has 1 aromatic heterocycles. The van der Waals surface area contributed by atoms with Crippen LogP contribution in [-0.4, -0.2) is 58.9 Å². The zero-order valence-electron chi connectivity index (χ0n) is 14.5. The van der Waals surface area contributed by atoms with Gasteiger partial charge in [-0.2, -0.15) is 15.4 Å². The monoisotopic (exact) mass is 346 g/mol. The van der Waals surface area contributed by atoms with Crippen LogP contribution < -0.4 is 10.2 Å². The molecule has 7 nitrogen and oxygen atoms in total. The van der Waals surface area contributed by atoms with E-state index in [4.69, 9.17) is 0 Å². The van der Waals surface area contributed by atoms with Crippen LogP contribution in [0.4, 0.5) is 10.1 Å². The summed E-state index contributed by atoms with van der Waals surface area (Å²) in [5.74, 6) is -0.652. The van der Waals surface area contributed by atoms with Gasteiger partial charge < -0.3 is 15.1 Å². The number of likely N-dealkylation sites (N-methyl/N-ethyl adjacent to an activating group) is 1. The molecule has 0 radical (unpaired) electrons. The standard InChI is InChI=1S/C17H23FN6O/c1-3-23-6-8-24(9-7-23)16-5-4-13(18)10-14(16)12(2)20-17(25)15-11-19-22-21-15/h4-5,10-12H,3,6-9H2,1-2H3,(H,20,25)(H,19,21,22)/t12-/m0/s1. The van der Waals surface area contributed by atoms with Gasteiger partial charge in [0.1, 0.15) is 5.82 Å². The molecule has 134 valence electrons. The predicted octanol–water partition coefficient (Wildman–Crippen LogP) is 1.58. The van der Waals surface area contributed by atoms with Crippen molar-refractivity contribution in [3.05, 3.63) is 41.5 Å². The minimum atomic E-state index is -0.348. The molecule has 1 fully saturated rings. The molecule has 1 aromatic carbocycles. The summed E-state index contributed by atoms with van der Waals surface area (Å²) in [6, 6.07) is 4.41. The Morgan fingerprint density at radius 2 is 2.12 bits per heavy atom. The number of hydrogen-bond acceptors (Lipinski definition) is 5. The smallest absolute Gasteiger partial charge is 0.273 e. The van der Waals surface area contributed by atoms with Gasteiger partial charge in [-0.25, -0.2) is 4.39 Å². The number of aromatic amines is 1. The maximum Gasteiger partial charge on any atom is 0.273 e. The highest BCUT2D eigenvalue weighted by molar-refractivity contribution is 5.92. The third-order valence-corrected chi connectivity index (χ3v) is 4.61. The molecule has 1 atom stereocenters. The number of amides is 1. The lowest BCUT2D eigenvalue weighted by atomic mass is 10.0. The van der Waals surface area contributed by atoms with Crippen molar-refractivity contribution in [3.63, 3.8) is 0 Å². The Hall–Kier alpha value is -2.48. The molecule has 1 amide bonds. The Morgan fingerprint density at radius 1 is 1.36 bits per heavy atom. The van der Waals surface area contributed by atoms with Gasteiger partial charge in [-0.05, 0) is 31.7 Å². The van der Waals surface area contributed by atoms with Crippen LogP contribution in [-0.2, 0) is 0 Å². The predicted molar refractivity (Wildman–Crippen MR) is 93.0 cm³/mol. The van der Waals surface area contributed by atoms with Gasteiger partial charge in [0.05, 0.1) is 12.2 Å². The Bertz CT molecular complexity index is 712. The van der Waals surface area contributed by atoms with Gasteiger partial charge in [-0.15, -0.1) is 0 Å². The number of carbonyl (C=O) groups excluding carboxylic acids is 1. The Balaban J connectivity index is 1.78. The summed E-state index contributed by atoms with van der Waals surface area (Å²) in [6.07, 6.45) is 1.36. The minimum absolute atomic E-state index is 0.210. The van der Waals surface area contributed by atoms with E-state index >= 15 is 0 Å². The molecule has 2 heterocycles. The van der Waals surface area contributed by atoms with Crippen LogP contribution in [0.2, 0.25) is 0 Å². The first-order valence-corrected chi connectivity index (χ1v) is 8.52. The van der Waals surface area contributed by atoms with Gasteiger partial charge in [0.2, 0.25) is 0 Å². The fraction of sp³-hybridized carbons (Fsp3) is 0.471. The number of rotatable bonds is 5. The summed E-state index contributed by atoms with van der Waals surface area (Å²) >= 11 is 0.